The highest BCUT2D eigenvalue weighted by Gasteiger charge is 2.31. The number of alkyl carbamates (subject to hydrolysis) is 1. The second kappa shape index (κ2) is 24.5. The smallest absolute Gasteiger partial charge is 0.407 e. The minimum Gasteiger partial charge on any atom is -0.445 e. The van der Waals surface area contributed by atoms with E-state index < -0.39 is 32.1 Å². The van der Waals surface area contributed by atoms with Gasteiger partial charge in [0.25, 0.3) is 11.6 Å². The zero-order valence-corrected chi connectivity index (χ0v) is 34.3. The molecule has 0 radical (unpaired) electrons. The van der Waals surface area contributed by atoms with Gasteiger partial charge in [-0.2, -0.15) is 4.72 Å². The maximum atomic E-state index is 13.8. The molecule has 0 aromatic heterocycles. The number of hydrazine groups is 1. The number of nitrogens with one attached hydrogen (secondary N) is 3. The number of amides is 2. The Balaban J connectivity index is 1.07. The molecule has 59 heavy (non-hydrogen) atoms. The lowest BCUT2D eigenvalue weighted by molar-refractivity contribution is -0.525. The van der Waals surface area contributed by atoms with Crippen molar-refractivity contribution in [2.75, 3.05) is 45.8 Å². The van der Waals surface area contributed by atoms with Crippen molar-refractivity contribution in [2.45, 2.75) is 94.6 Å². The highest BCUT2D eigenvalue weighted by molar-refractivity contribution is 7.89. The van der Waals surface area contributed by atoms with Crippen LogP contribution in [0, 0.1) is 20.2 Å². The minimum atomic E-state index is -4.09. The molecule has 3 aromatic carbocycles. The summed E-state index contributed by atoms with van der Waals surface area (Å²) in [6, 6.07) is 17.0. The van der Waals surface area contributed by atoms with E-state index in [0.717, 1.165) is 50.5 Å². The van der Waals surface area contributed by atoms with Crippen molar-refractivity contribution < 1.29 is 32.7 Å². The van der Waals surface area contributed by atoms with Gasteiger partial charge in [0.1, 0.15) is 12.6 Å². The fourth-order valence-electron chi connectivity index (χ4n) is 6.93. The fraction of sp³-hybridized carbons (Fsp3) is 0.525. The second-order valence-corrected chi connectivity index (χ2v) is 16.2. The number of hydrogen-bond donors (Lipinski definition) is 4. The first-order chi connectivity index (χ1) is 28.4. The lowest BCUT2D eigenvalue weighted by Crippen LogP contribution is -2.55. The highest BCUT2D eigenvalue weighted by atomic mass is 32.2. The summed E-state index contributed by atoms with van der Waals surface area (Å²) in [5.74, 6) is -0.688. The molecule has 1 fully saturated rings. The topological polar surface area (TPSA) is 245 Å². The van der Waals surface area contributed by atoms with Gasteiger partial charge in [0, 0.05) is 56.8 Å². The number of sulfonamides is 1. The molecule has 19 heteroatoms. The predicted octanol–water partition coefficient (Wildman–Crippen LogP) is 5.24. The highest BCUT2D eigenvalue weighted by Crippen LogP contribution is 2.24. The maximum absolute atomic E-state index is 13.8. The molecular weight excluding hydrogens is 783 g/mol. The van der Waals surface area contributed by atoms with Gasteiger partial charge < -0.3 is 20.7 Å². The SMILES string of the molecule is NC(=NCCC[C@H](NS(=O)(=O)c1cccc2ccccc12)C(=O)N1CCN(CCCCCCCCCCCCNC(=O)OCc2ccc([N+](=O)[O-])cc2)CC1)N[N+](=O)[O-]. The second-order valence-electron chi connectivity index (χ2n) is 14.6. The predicted molar refractivity (Wildman–Crippen MR) is 224 cm³/mol. The number of ether oxygens (including phenoxy) is 1. The minimum absolute atomic E-state index is 0.00785. The van der Waals surface area contributed by atoms with Crippen molar-refractivity contribution in [1.82, 2.24) is 25.3 Å². The monoisotopic (exact) mass is 839 g/mol. The van der Waals surface area contributed by atoms with E-state index in [4.69, 9.17) is 10.5 Å². The summed E-state index contributed by atoms with van der Waals surface area (Å²) in [5, 5.41) is 24.6. The summed E-state index contributed by atoms with van der Waals surface area (Å²) in [4.78, 5) is 54.7. The number of hydrogen-bond acceptors (Lipinski definition) is 11. The van der Waals surface area contributed by atoms with Gasteiger partial charge in [0.2, 0.25) is 15.9 Å². The standard InChI is InChI=1S/C40H57N9O9S/c41-39(44-49(54)55)42-25-14-18-36(45-59(56,57)37-19-13-16-33-15-9-10-17-35(33)37)38(50)47-29-27-46(28-30-47)26-12-8-6-4-2-1-3-5-7-11-24-43-40(51)58-31-32-20-22-34(23-21-32)48(52)53/h9-10,13,15-17,19-23,36,45H,1-8,11-12,14,18,24-31H2,(H,43,51)(H3,41,42,44)/t36-/m0/s1. The molecular formula is C40H57N9O9S. The number of non-ortho nitro benzene ring substituents is 1. The maximum Gasteiger partial charge on any atom is 0.407 e. The van der Waals surface area contributed by atoms with Crippen molar-refractivity contribution in [3.8, 4) is 0 Å². The first-order valence-corrected chi connectivity index (χ1v) is 21.8. The Morgan fingerprint density at radius 3 is 2.10 bits per heavy atom. The van der Waals surface area contributed by atoms with Crippen LogP contribution in [0.15, 0.2) is 76.6 Å². The molecule has 1 heterocycles. The summed E-state index contributed by atoms with van der Waals surface area (Å²) in [6.07, 6.45) is 11.0. The van der Waals surface area contributed by atoms with Gasteiger partial charge in [-0.25, -0.2) is 28.3 Å². The number of nitro benzene ring substituents is 1. The Bertz CT molecular complexity index is 1950. The van der Waals surface area contributed by atoms with Gasteiger partial charge >= 0.3 is 6.09 Å². The molecule has 322 valence electrons. The molecule has 2 amide bonds. The van der Waals surface area contributed by atoms with Crippen LogP contribution in [0.4, 0.5) is 10.5 Å². The van der Waals surface area contributed by atoms with Gasteiger partial charge in [-0.3, -0.25) is 19.8 Å². The Morgan fingerprint density at radius 2 is 1.44 bits per heavy atom. The van der Waals surface area contributed by atoms with Crippen molar-refractivity contribution in [2.24, 2.45) is 10.7 Å². The van der Waals surface area contributed by atoms with Crippen LogP contribution in [0.5, 0.6) is 0 Å². The van der Waals surface area contributed by atoms with E-state index in [0.29, 0.717) is 43.7 Å². The average Bonchev–Trinajstić information content (AvgIpc) is 3.22. The molecule has 1 aliphatic heterocycles. The number of nitro groups is 2. The van der Waals surface area contributed by atoms with Crippen molar-refractivity contribution in [1.29, 1.82) is 0 Å². The summed E-state index contributed by atoms with van der Waals surface area (Å²) >= 11 is 0. The molecule has 0 spiro atoms. The van der Waals surface area contributed by atoms with Crippen LogP contribution in [0.1, 0.15) is 82.6 Å². The molecule has 0 bridgehead atoms. The summed E-state index contributed by atoms with van der Waals surface area (Å²) in [7, 11) is -4.09. The normalized spacial score (nSPS) is 14.2. The number of aliphatic imine (C=N–C) groups is 1. The van der Waals surface area contributed by atoms with E-state index in [1.807, 2.05) is 18.2 Å². The number of rotatable bonds is 25. The third-order valence-corrected chi connectivity index (χ3v) is 11.7. The number of carbonyl (C=O) groups is 2. The Kier molecular flexibility index (Phi) is 19.2. The van der Waals surface area contributed by atoms with Crippen LogP contribution in [0.2, 0.25) is 0 Å². The molecule has 5 N–H and O–H groups in total. The van der Waals surface area contributed by atoms with Crippen LogP contribution >= 0.6 is 0 Å². The van der Waals surface area contributed by atoms with Crippen molar-refractivity contribution in [3.05, 3.63) is 92.5 Å². The number of nitrogens with zero attached hydrogens (tertiary/aromatic N) is 5. The number of guanidine groups is 1. The molecule has 1 aliphatic rings. The number of unbranched alkanes of at least 4 members (excludes halogenated alkanes) is 9. The Labute approximate surface area is 345 Å². The zero-order valence-electron chi connectivity index (χ0n) is 33.5. The van der Waals surface area contributed by atoms with Crippen LogP contribution in [-0.2, 0) is 26.2 Å². The number of benzene rings is 3. The Hall–Kier alpha value is -5.40. The quantitative estimate of drug-likeness (QED) is 0.0281. The van der Waals surface area contributed by atoms with Gasteiger partial charge in [-0.05, 0) is 61.4 Å². The molecule has 1 saturated heterocycles. The van der Waals surface area contributed by atoms with Crippen molar-refractivity contribution in [3.63, 3.8) is 0 Å². The largest absolute Gasteiger partial charge is 0.445 e. The van der Waals surface area contributed by atoms with E-state index in [9.17, 15) is 38.2 Å². The summed E-state index contributed by atoms with van der Waals surface area (Å²) < 4.78 is 35.2. The molecule has 4 rings (SSSR count). The van der Waals surface area contributed by atoms with Crippen LogP contribution in [0.25, 0.3) is 10.8 Å². The number of fused-ring (bicyclic) bond motifs is 1. The average molecular weight is 840 g/mol. The number of nitrogens with two attached hydrogens (primary N) is 1. The molecule has 0 aliphatic carbocycles. The van der Waals surface area contributed by atoms with Crippen LogP contribution < -0.4 is 21.2 Å². The number of piperazine rings is 1. The number of carbonyl (C=O) groups excluding carboxylic acids is 2. The summed E-state index contributed by atoms with van der Waals surface area (Å²) in [5.41, 5.74) is 7.97. The fourth-order valence-corrected chi connectivity index (χ4v) is 8.38. The summed E-state index contributed by atoms with van der Waals surface area (Å²) in [6.45, 7) is 3.96. The molecule has 18 nitrogen and oxygen atoms in total. The molecule has 0 unspecified atom stereocenters. The van der Waals surface area contributed by atoms with E-state index in [1.165, 1.54) is 43.9 Å². The van der Waals surface area contributed by atoms with Crippen molar-refractivity contribution >= 4 is 44.4 Å². The third kappa shape index (κ3) is 16.4. The van der Waals surface area contributed by atoms with Gasteiger partial charge in [-0.1, -0.05) is 93.2 Å². The van der Waals surface area contributed by atoms with Crippen LogP contribution in [-0.4, -0.2) is 98.0 Å². The zero-order chi connectivity index (χ0) is 42.5. The van der Waals surface area contributed by atoms with Gasteiger partial charge in [0.15, 0.2) is 5.03 Å². The van der Waals surface area contributed by atoms with E-state index in [1.54, 1.807) is 40.7 Å². The van der Waals surface area contributed by atoms with Gasteiger partial charge in [-0.15, -0.1) is 0 Å². The van der Waals surface area contributed by atoms with E-state index >= 15 is 0 Å². The third-order valence-electron chi connectivity index (χ3n) is 10.1. The van der Waals surface area contributed by atoms with E-state index in [2.05, 4.69) is 19.9 Å². The lowest BCUT2D eigenvalue weighted by atomic mass is 10.1. The first kappa shape index (κ1) is 46.3. The first-order valence-electron chi connectivity index (χ1n) is 20.3. The molecule has 0 saturated carbocycles. The van der Waals surface area contributed by atoms with E-state index in [-0.39, 0.29) is 48.4 Å². The van der Waals surface area contributed by atoms with Gasteiger partial charge in [0.05, 0.1) is 9.82 Å². The molecule has 3 aromatic rings. The molecule has 1 atom stereocenters. The van der Waals surface area contributed by atoms with Crippen LogP contribution in [0.3, 0.4) is 0 Å². The lowest BCUT2D eigenvalue weighted by Gasteiger charge is -2.36. The Morgan fingerprint density at radius 1 is 0.814 bits per heavy atom.